The van der Waals surface area contributed by atoms with Gasteiger partial charge in [0.1, 0.15) is 16.3 Å². The minimum atomic E-state index is -1.21. The summed E-state index contributed by atoms with van der Waals surface area (Å²) in [6.07, 6.45) is 1.50. The lowest BCUT2D eigenvalue weighted by Crippen LogP contribution is -2.38. The third-order valence-electron chi connectivity index (χ3n) is 3.35. The molecule has 0 aliphatic carbocycles. The molecule has 3 N–H and O–H groups in total. The molecule has 10 heteroatoms. The van der Waals surface area contributed by atoms with Crippen molar-refractivity contribution in [3.8, 4) is 5.75 Å². The van der Waals surface area contributed by atoms with E-state index in [1.54, 1.807) is 6.07 Å². The lowest BCUT2D eigenvalue weighted by molar-refractivity contribution is -0.138. The maximum Gasteiger partial charge on any atom is 0.325 e. The number of hydrogen-bond donors (Lipinski definition) is 3. The monoisotopic (exact) mass is 385 g/mol. The van der Waals surface area contributed by atoms with Crippen molar-refractivity contribution in [1.82, 2.24) is 15.3 Å². The number of hydrogen-bond acceptors (Lipinski definition) is 6. The number of carbonyl (C=O) groups excluding carboxylic acids is 1. The molecule has 0 aromatic carbocycles. The summed E-state index contributed by atoms with van der Waals surface area (Å²) in [7, 11) is 0. The van der Waals surface area contributed by atoms with Crippen LogP contribution in [0.25, 0.3) is 20.2 Å². The fraction of sp³-hybridized carbons (Fsp3) is 0.143. The van der Waals surface area contributed by atoms with Gasteiger partial charge in [-0.15, -0.1) is 11.3 Å². The van der Waals surface area contributed by atoms with Gasteiger partial charge in [-0.1, -0.05) is 23.2 Å². The summed E-state index contributed by atoms with van der Waals surface area (Å²) in [5, 5.41) is 22.9. The van der Waals surface area contributed by atoms with E-state index in [4.69, 9.17) is 28.3 Å². The molecule has 124 valence electrons. The number of aromatic nitrogens is 2. The molecule has 0 unspecified atom stereocenters. The van der Waals surface area contributed by atoms with Gasteiger partial charge in [-0.25, -0.2) is 9.97 Å². The molecule has 3 aromatic heterocycles. The number of amides is 1. The first-order valence-electron chi connectivity index (χ1n) is 6.60. The quantitative estimate of drug-likeness (QED) is 0.597. The number of fused-ring (bicyclic) bond motifs is 3. The first kappa shape index (κ1) is 16.7. The van der Waals surface area contributed by atoms with Crippen molar-refractivity contribution in [2.45, 2.75) is 13.0 Å². The number of aromatic hydroxyl groups is 1. The summed E-state index contributed by atoms with van der Waals surface area (Å²) in [5.74, 6) is -2.44. The van der Waals surface area contributed by atoms with E-state index in [9.17, 15) is 14.7 Å². The van der Waals surface area contributed by atoms with Crippen molar-refractivity contribution < 1.29 is 19.8 Å². The third-order valence-corrected chi connectivity index (χ3v) is 5.24. The fourth-order valence-electron chi connectivity index (χ4n) is 2.16. The molecular weight excluding hydrogens is 377 g/mol. The number of carboxylic acids is 1. The van der Waals surface area contributed by atoms with Crippen LogP contribution in [0.15, 0.2) is 12.3 Å². The number of nitrogens with zero attached hydrogens (tertiary/aromatic N) is 2. The van der Waals surface area contributed by atoms with E-state index in [0.717, 1.165) is 11.3 Å². The molecule has 0 aliphatic rings. The second-order valence-corrected chi connectivity index (χ2v) is 6.65. The summed E-state index contributed by atoms with van der Waals surface area (Å²) in [4.78, 5) is 30.9. The van der Waals surface area contributed by atoms with Crippen LogP contribution in [0.4, 0.5) is 0 Å². The van der Waals surface area contributed by atoms with Crippen LogP contribution >= 0.6 is 34.5 Å². The van der Waals surface area contributed by atoms with Gasteiger partial charge in [0, 0.05) is 17.0 Å². The van der Waals surface area contributed by atoms with Crippen molar-refractivity contribution in [3.63, 3.8) is 0 Å². The van der Waals surface area contributed by atoms with Crippen molar-refractivity contribution >= 4 is 66.6 Å². The minimum absolute atomic E-state index is 0.00412. The number of pyridine rings is 2. The molecule has 0 aliphatic heterocycles. The van der Waals surface area contributed by atoms with Gasteiger partial charge in [0.05, 0.1) is 9.40 Å². The first-order valence-corrected chi connectivity index (χ1v) is 8.17. The van der Waals surface area contributed by atoms with E-state index in [0.29, 0.717) is 20.2 Å². The number of carbonyl (C=O) groups is 2. The summed E-state index contributed by atoms with van der Waals surface area (Å²) in [5.41, 5.74) is -0.351. The Morgan fingerprint density at radius 3 is 2.67 bits per heavy atom. The van der Waals surface area contributed by atoms with Crippen LogP contribution in [0.3, 0.4) is 0 Å². The molecular formula is C14H9Cl2N3O4S. The molecule has 24 heavy (non-hydrogen) atoms. The van der Waals surface area contributed by atoms with Crippen molar-refractivity contribution in [3.05, 3.63) is 28.3 Å². The highest BCUT2D eigenvalue weighted by molar-refractivity contribution is 7.26. The van der Waals surface area contributed by atoms with Gasteiger partial charge in [0.2, 0.25) is 0 Å². The Balaban J connectivity index is 2.20. The zero-order chi connectivity index (χ0) is 17.6. The topological polar surface area (TPSA) is 112 Å². The number of halogens is 2. The molecule has 1 atom stereocenters. The van der Waals surface area contributed by atoms with E-state index < -0.39 is 17.9 Å². The highest BCUT2D eigenvalue weighted by atomic mass is 35.5. The Hall–Kier alpha value is -2.16. The number of carboxylic acid groups (broad SMARTS) is 1. The Morgan fingerprint density at radius 1 is 1.29 bits per heavy atom. The average molecular weight is 386 g/mol. The molecule has 0 saturated carbocycles. The minimum Gasteiger partial charge on any atom is -0.504 e. The number of aliphatic carboxylic acids is 1. The standard InChI is InChI=1S/C14H9Cl2N3O4S/c1-4(14(22)23)18-13(21)7-8(20)10-6(11(15)19-7)5-2-3-17-12(16)9(5)24-10/h2-4,20H,1H3,(H,18,21)(H,22,23)/t4-/m0/s1. The van der Waals surface area contributed by atoms with Crippen LogP contribution in [-0.4, -0.2) is 38.1 Å². The molecule has 3 aromatic rings. The number of nitrogens with one attached hydrogen (secondary N) is 1. The Kier molecular flexibility index (Phi) is 4.20. The summed E-state index contributed by atoms with van der Waals surface area (Å²) < 4.78 is 0.928. The van der Waals surface area contributed by atoms with E-state index in [1.807, 2.05) is 0 Å². The smallest absolute Gasteiger partial charge is 0.325 e. The summed E-state index contributed by atoms with van der Waals surface area (Å²) >= 11 is 13.3. The van der Waals surface area contributed by atoms with Crippen molar-refractivity contribution in [1.29, 1.82) is 0 Å². The number of thiophene rings is 1. The zero-order valence-electron chi connectivity index (χ0n) is 12.0. The van der Waals surface area contributed by atoms with Gasteiger partial charge < -0.3 is 15.5 Å². The zero-order valence-corrected chi connectivity index (χ0v) is 14.3. The molecule has 1 amide bonds. The van der Waals surface area contributed by atoms with Crippen LogP contribution in [0.2, 0.25) is 10.3 Å². The second kappa shape index (κ2) is 6.04. The van der Waals surface area contributed by atoms with E-state index in [-0.39, 0.29) is 21.7 Å². The molecule has 3 heterocycles. The van der Waals surface area contributed by atoms with E-state index in [2.05, 4.69) is 15.3 Å². The van der Waals surface area contributed by atoms with Crippen LogP contribution in [0.5, 0.6) is 5.75 Å². The first-order chi connectivity index (χ1) is 11.3. The summed E-state index contributed by atoms with van der Waals surface area (Å²) in [6.45, 7) is 1.29. The fourth-order valence-corrected chi connectivity index (χ4v) is 3.90. The highest BCUT2D eigenvalue weighted by Gasteiger charge is 2.24. The molecule has 0 spiro atoms. The van der Waals surface area contributed by atoms with Crippen LogP contribution in [-0.2, 0) is 4.79 Å². The molecule has 7 nitrogen and oxygen atoms in total. The molecule has 0 radical (unpaired) electrons. The van der Waals surface area contributed by atoms with Gasteiger partial charge in [0.25, 0.3) is 5.91 Å². The van der Waals surface area contributed by atoms with Gasteiger partial charge in [-0.05, 0) is 13.0 Å². The van der Waals surface area contributed by atoms with Crippen LogP contribution in [0, 0.1) is 0 Å². The largest absolute Gasteiger partial charge is 0.504 e. The average Bonchev–Trinajstić information content (AvgIpc) is 2.92. The molecule has 3 rings (SSSR count). The third kappa shape index (κ3) is 2.62. The molecule has 0 fully saturated rings. The molecule has 0 saturated heterocycles. The predicted molar refractivity (Wildman–Crippen MR) is 91.2 cm³/mol. The van der Waals surface area contributed by atoms with Gasteiger partial charge in [-0.2, -0.15) is 0 Å². The lowest BCUT2D eigenvalue weighted by atomic mass is 10.2. The maximum absolute atomic E-state index is 12.2. The van der Waals surface area contributed by atoms with Gasteiger partial charge in [0.15, 0.2) is 11.4 Å². The van der Waals surface area contributed by atoms with Crippen LogP contribution < -0.4 is 5.32 Å². The van der Waals surface area contributed by atoms with Crippen molar-refractivity contribution in [2.24, 2.45) is 0 Å². The van der Waals surface area contributed by atoms with E-state index in [1.165, 1.54) is 13.1 Å². The lowest BCUT2D eigenvalue weighted by Gasteiger charge is -2.10. The second-order valence-electron chi connectivity index (χ2n) is 4.92. The van der Waals surface area contributed by atoms with E-state index >= 15 is 0 Å². The number of rotatable bonds is 3. The van der Waals surface area contributed by atoms with Gasteiger partial charge in [-0.3, -0.25) is 9.59 Å². The van der Waals surface area contributed by atoms with Crippen LogP contribution in [0.1, 0.15) is 17.4 Å². The summed E-state index contributed by atoms with van der Waals surface area (Å²) in [6, 6.07) is 0.536. The Bertz CT molecular complexity index is 1000. The Morgan fingerprint density at radius 2 is 2.00 bits per heavy atom. The maximum atomic E-state index is 12.2. The van der Waals surface area contributed by atoms with Crippen molar-refractivity contribution in [2.75, 3.05) is 0 Å². The normalized spacial score (nSPS) is 12.5. The predicted octanol–water partition coefficient (Wildman–Crippen LogP) is 3.06. The SMILES string of the molecule is C[C@H](NC(=O)c1nc(Cl)c2c(sc3c(Cl)nccc32)c1O)C(=O)O. The Labute approximate surface area is 148 Å². The molecule has 0 bridgehead atoms. The highest BCUT2D eigenvalue weighted by Crippen LogP contribution is 2.44. The van der Waals surface area contributed by atoms with Gasteiger partial charge >= 0.3 is 5.97 Å².